The number of hydrogen-bond acceptors (Lipinski definition) is 4. The van der Waals surface area contributed by atoms with Gasteiger partial charge in [0.1, 0.15) is 5.92 Å². The number of carbonyl (C=O) groups is 1. The van der Waals surface area contributed by atoms with Crippen LogP contribution in [0.4, 0.5) is 0 Å². The van der Waals surface area contributed by atoms with Crippen molar-refractivity contribution in [1.29, 1.82) is 5.26 Å². The average molecular weight is 212 g/mol. The van der Waals surface area contributed by atoms with Crippen LogP contribution in [-0.2, 0) is 4.79 Å². The second-order valence-electron chi connectivity index (χ2n) is 3.39. The molecule has 0 fully saturated rings. The maximum atomic E-state index is 11.2. The van der Waals surface area contributed by atoms with Crippen LogP contribution >= 0.6 is 0 Å². The lowest BCUT2D eigenvalue weighted by atomic mass is 10.0. The second kappa shape index (κ2) is 4.03. The van der Waals surface area contributed by atoms with E-state index >= 15 is 0 Å². The molecule has 0 saturated heterocycles. The predicted octanol–water partition coefficient (Wildman–Crippen LogP) is 0.919. The first-order valence-corrected chi connectivity index (χ1v) is 4.71. The van der Waals surface area contributed by atoms with Crippen LogP contribution in [0.2, 0.25) is 0 Å². The van der Waals surface area contributed by atoms with E-state index in [2.05, 4.69) is 15.2 Å². The molecule has 0 bridgehead atoms. The molecule has 0 N–H and O–H groups in total. The molecule has 16 heavy (non-hydrogen) atoms. The number of nitriles is 1. The van der Waals surface area contributed by atoms with E-state index < -0.39 is 11.8 Å². The zero-order chi connectivity index (χ0) is 11.5. The summed E-state index contributed by atoms with van der Waals surface area (Å²) < 4.78 is 0. The third-order valence-corrected chi connectivity index (χ3v) is 2.18. The summed E-state index contributed by atoms with van der Waals surface area (Å²) in [6.07, 6.45) is 2.96. The van der Waals surface area contributed by atoms with Crippen molar-refractivity contribution in [2.75, 3.05) is 0 Å². The number of hydrogen-bond donors (Lipinski definition) is 0. The zero-order valence-corrected chi connectivity index (χ0v) is 8.58. The molecule has 2 rings (SSSR count). The Morgan fingerprint density at radius 3 is 2.81 bits per heavy atom. The fourth-order valence-corrected chi connectivity index (χ4v) is 1.30. The maximum Gasteiger partial charge on any atom is 0.266 e. The molecular formula is C11H8N4O. The molecule has 0 aliphatic carbocycles. The third kappa shape index (κ3) is 1.86. The summed E-state index contributed by atoms with van der Waals surface area (Å²) in [7, 11) is 0. The minimum absolute atomic E-state index is 0.439. The van der Waals surface area contributed by atoms with Gasteiger partial charge in [-0.1, -0.05) is 0 Å². The molecule has 1 aliphatic rings. The molecule has 1 atom stereocenters. The lowest BCUT2D eigenvalue weighted by molar-refractivity contribution is -0.118. The van der Waals surface area contributed by atoms with Crippen molar-refractivity contribution < 1.29 is 4.79 Å². The molecule has 78 valence electrons. The van der Waals surface area contributed by atoms with E-state index in [1.54, 1.807) is 12.1 Å². The van der Waals surface area contributed by atoms with Crippen LogP contribution in [0.25, 0.3) is 5.57 Å². The van der Waals surface area contributed by atoms with Gasteiger partial charge < -0.3 is 0 Å². The molecule has 5 nitrogen and oxygen atoms in total. The van der Waals surface area contributed by atoms with Crippen LogP contribution in [0.15, 0.2) is 23.2 Å². The highest BCUT2D eigenvalue weighted by atomic mass is 16.1. The van der Waals surface area contributed by atoms with Gasteiger partial charge in [-0.05, 0) is 25.1 Å². The van der Waals surface area contributed by atoms with Crippen molar-refractivity contribution in [3.05, 3.63) is 29.6 Å². The first-order valence-electron chi connectivity index (χ1n) is 4.71. The zero-order valence-electron chi connectivity index (χ0n) is 8.58. The van der Waals surface area contributed by atoms with Crippen LogP contribution < -0.4 is 0 Å². The van der Waals surface area contributed by atoms with Crippen LogP contribution in [0, 0.1) is 24.2 Å². The van der Waals surface area contributed by atoms with Gasteiger partial charge >= 0.3 is 0 Å². The Morgan fingerprint density at radius 2 is 2.19 bits per heavy atom. The summed E-state index contributed by atoms with van der Waals surface area (Å²) >= 11 is 0. The molecule has 1 amide bonds. The largest absolute Gasteiger partial charge is 0.271 e. The summed E-state index contributed by atoms with van der Waals surface area (Å²) in [6.45, 7) is 1.84. The number of aromatic nitrogens is 2. The lowest BCUT2D eigenvalue weighted by Crippen LogP contribution is -2.13. The summed E-state index contributed by atoms with van der Waals surface area (Å²) in [5.41, 5.74) is 2.07. The van der Waals surface area contributed by atoms with Gasteiger partial charge in [-0.3, -0.25) is 4.79 Å². The molecule has 0 saturated carbocycles. The molecule has 1 aromatic rings. The Morgan fingerprint density at radius 1 is 1.38 bits per heavy atom. The Kier molecular flexibility index (Phi) is 2.56. The van der Waals surface area contributed by atoms with Crippen molar-refractivity contribution in [2.24, 2.45) is 10.9 Å². The second-order valence-corrected chi connectivity index (χ2v) is 3.39. The molecular weight excluding hydrogens is 204 g/mol. The van der Waals surface area contributed by atoms with E-state index in [0.29, 0.717) is 11.3 Å². The van der Waals surface area contributed by atoms with Gasteiger partial charge in [0.25, 0.3) is 5.91 Å². The first kappa shape index (κ1) is 10.2. The fourth-order valence-electron chi connectivity index (χ4n) is 1.30. The molecule has 2 heterocycles. The van der Waals surface area contributed by atoms with Crippen molar-refractivity contribution >= 4 is 17.7 Å². The van der Waals surface area contributed by atoms with Crippen LogP contribution in [0.1, 0.15) is 11.4 Å². The third-order valence-electron chi connectivity index (χ3n) is 2.18. The van der Waals surface area contributed by atoms with E-state index in [1.807, 2.05) is 19.1 Å². The van der Waals surface area contributed by atoms with Crippen molar-refractivity contribution in [2.45, 2.75) is 6.92 Å². The maximum absolute atomic E-state index is 11.2. The van der Waals surface area contributed by atoms with Gasteiger partial charge in [0.15, 0.2) is 0 Å². The van der Waals surface area contributed by atoms with Gasteiger partial charge in [-0.25, -0.2) is 4.99 Å². The molecule has 0 aromatic carbocycles. The summed E-state index contributed by atoms with van der Waals surface area (Å²) in [5, 5.41) is 16.6. The van der Waals surface area contributed by atoms with E-state index in [0.717, 1.165) is 5.69 Å². The smallest absolute Gasteiger partial charge is 0.266 e. The van der Waals surface area contributed by atoms with Gasteiger partial charge in [0, 0.05) is 11.8 Å². The number of aryl methyl sites for hydroxylation is 1. The Hall–Kier alpha value is -2.35. The standard InChI is InChI=1S/C11H8N4O/c1-7-2-3-10(15-14-7)9-4-8(5-12)11(16)13-6-9/h2-4,6,8H,1H3. The highest BCUT2D eigenvalue weighted by Gasteiger charge is 2.19. The van der Waals surface area contributed by atoms with Gasteiger partial charge in [-0.15, -0.1) is 0 Å². The minimum atomic E-state index is -0.817. The Labute approximate surface area is 92.1 Å². The molecule has 1 aliphatic heterocycles. The number of dihydropyridines is 1. The summed E-state index contributed by atoms with van der Waals surface area (Å²) in [4.78, 5) is 14.8. The molecule has 5 heteroatoms. The number of nitrogens with zero attached hydrogens (tertiary/aromatic N) is 4. The molecule has 0 radical (unpaired) electrons. The van der Waals surface area contributed by atoms with E-state index in [1.165, 1.54) is 6.21 Å². The highest BCUT2D eigenvalue weighted by Crippen LogP contribution is 2.17. The fraction of sp³-hybridized carbons (Fsp3) is 0.182. The first-order chi connectivity index (χ1) is 7.70. The summed E-state index contributed by atoms with van der Waals surface area (Å²) in [5.74, 6) is -1.26. The number of allylic oxidation sites excluding steroid dienone is 1. The highest BCUT2D eigenvalue weighted by molar-refractivity contribution is 6.16. The predicted molar refractivity (Wildman–Crippen MR) is 57.3 cm³/mol. The van der Waals surface area contributed by atoms with Gasteiger partial charge in [-0.2, -0.15) is 15.5 Å². The van der Waals surface area contributed by atoms with Crippen LogP contribution in [0.3, 0.4) is 0 Å². The Balaban J connectivity index is 2.36. The lowest BCUT2D eigenvalue weighted by Gasteiger charge is -2.07. The number of rotatable bonds is 1. The van der Waals surface area contributed by atoms with Gasteiger partial charge in [0.2, 0.25) is 0 Å². The molecule has 1 unspecified atom stereocenters. The van der Waals surface area contributed by atoms with E-state index in [4.69, 9.17) is 5.26 Å². The van der Waals surface area contributed by atoms with Crippen LogP contribution in [0.5, 0.6) is 0 Å². The van der Waals surface area contributed by atoms with Crippen molar-refractivity contribution in [3.8, 4) is 6.07 Å². The molecule has 1 aromatic heterocycles. The topological polar surface area (TPSA) is 79.0 Å². The normalized spacial score (nSPS) is 19.1. The van der Waals surface area contributed by atoms with Crippen molar-refractivity contribution in [1.82, 2.24) is 10.2 Å². The molecule has 0 spiro atoms. The SMILES string of the molecule is Cc1ccc(C2=CC(C#N)C(=O)N=C2)nn1. The van der Waals surface area contributed by atoms with Crippen molar-refractivity contribution in [3.63, 3.8) is 0 Å². The number of amides is 1. The monoisotopic (exact) mass is 212 g/mol. The Bertz CT molecular complexity index is 522. The van der Waals surface area contributed by atoms with Crippen LogP contribution in [-0.4, -0.2) is 22.3 Å². The quantitative estimate of drug-likeness (QED) is 0.693. The minimum Gasteiger partial charge on any atom is -0.271 e. The summed E-state index contributed by atoms with van der Waals surface area (Å²) in [6, 6.07) is 5.47. The van der Waals surface area contributed by atoms with E-state index in [9.17, 15) is 4.79 Å². The van der Waals surface area contributed by atoms with Gasteiger partial charge in [0.05, 0.1) is 17.5 Å². The van der Waals surface area contributed by atoms with E-state index in [-0.39, 0.29) is 0 Å². The number of carbonyl (C=O) groups excluding carboxylic acids is 1. The average Bonchev–Trinajstić information content (AvgIpc) is 2.31. The number of aliphatic imine (C=N–C) groups is 1.